The van der Waals surface area contributed by atoms with Crippen molar-refractivity contribution >= 4 is 5.84 Å². The second kappa shape index (κ2) is 4.52. The van der Waals surface area contributed by atoms with Crippen LogP contribution in [-0.2, 0) is 0 Å². The maximum absolute atomic E-state index is 6.39. The van der Waals surface area contributed by atoms with Crippen LogP contribution in [0.15, 0.2) is 4.99 Å². The fourth-order valence-electron chi connectivity index (χ4n) is 4.96. The lowest BCUT2D eigenvalue weighted by Crippen LogP contribution is -2.52. The van der Waals surface area contributed by atoms with E-state index in [1.807, 2.05) is 0 Å². The van der Waals surface area contributed by atoms with Crippen molar-refractivity contribution < 1.29 is 0 Å². The molecule has 4 bridgehead atoms. The molecule has 4 aliphatic carbocycles. The molecule has 4 aliphatic rings. The fraction of sp³-hybridized carbons (Fsp3) is 0.933. The Hall–Kier alpha value is -0.570. The number of hydrogen-bond donors (Lipinski definition) is 1. The second-order valence-electron chi connectivity index (χ2n) is 7.27. The largest absolute Gasteiger partial charge is 0.387 e. The number of rotatable bonds is 4. The summed E-state index contributed by atoms with van der Waals surface area (Å²) in [6, 6.07) is 0. The van der Waals surface area contributed by atoms with Crippen molar-refractivity contribution in [2.75, 3.05) is 27.2 Å². The van der Waals surface area contributed by atoms with Crippen molar-refractivity contribution in [3.8, 4) is 0 Å². The lowest BCUT2D eigenvalue weighted by molar-refractivity contribution is -0.0130. The van der Waals surface area contributed by atoms with Crippen LogP contribution in [0.4, 0.5) is 0 Å². The molecule has 0 heterocycles. The number of hydrogen-bond acceptors (Lipinski definition) is 2. The molecule has 3 heteroatoms. The first-order valence-electron chi connectivity index (χ1n) is 7.52. The van der Waals surface area contributed by atoms with E-state index in [4.69, 9.17) is 10.7 Å². The first kappa shape index (κ1) is 12.5. The predicted molar refractivity (Wildman–Crippen MR) is 75.6 cm³/mol. The van der Waals surface area contributed by atoms with Gasteiger partial charge in [0, 0.05) is 12.0 Å². The van der Waals surface area contributed by atoms with Gasteiger partial charge in [-0.1, -0.05) is 0 Å². The Balaban J connectivity index is 1.70. The van der Waals surface area contributed by atoms with Gasteiger partial charge in [0.2, 0.25) is 0 Å². The highest BCUT2D eigenvalue weighted by Crippen LogP contribution is 2.60. The van der Waals surface area contributed by atoms with Gasteiger partial charge in [0.25, 0.3) is 0 Å². The molecule has 0 aromatic carbocycles. The molecule has 0 radical (unpaired) electrons. The Labute approximate surface area is 111 Å². The van der Waals surface area contributed by atoms with Crippen LogP contribution < -0.4 is 5.73 Å². The van der Waals surface area contributed by atoms with Crippen molar-refractivity contribution in [3.63, 3.8) is 0 Å². The zero-order valence-electron chi connectivity index (χ0n) is 11.9. The molecule has 0 unspecified atom stereocenters. The fourth-order valence-corrected chi connectivity index (χ4v) is 4.96. The predicted octanol–water partition coefficient (Wildman–Crippen LogP) is 2.12. The first-order chi connectivity index (χ1) is 8.57. The average molecular weight is 249 g/mol. The van der Waals surface area contributed by atoms with Crippen molar-refractivity contribution in [1.82, 2.24) is 4.90 Å². The molecule has 3 nitrogen and oxygen atoms in total. The maximum atomic E-state index is 6.39. The number of amidine groups is 1. The van der Waals surface area contributed by atoms with Crippen molar-refractivity contribution in [2.24, 2.45) is 33.9 Å². The van der Waals surface area contributed by atoms with E-state index < -0.39 is 0 Å². The van der Waals surface area contributed by atoms with Gasteiger partial charge < -0.3 is 10.6 Å². The minimum atomic E-state index is 0.307. The molecule has 2 N–H and O–H groups in total. The van der Waals surface area contributed by atoms with Gasteiger partial charge in [0.05, 0.1) is 6.54 Å². The van der Waals surface area contributed by atoms with E-state index in [1.165, 1.54) is 38.5 Å². The molecule has 0 aliphatic heterocycles. The highest BCUT2D eigenvalue weighted by atomic mass is 15.1. The average Bonchev–Trinajstić information content (AvgIpc) is 2.26. The van der Waals surface area contributed by atoms with E-state index in [1.54, 1.807) is 0 Å². The van der Waals surface area contributed by atoms with Crippen LogP contribution in [0, 0.1) is 23.2 Å². The monoisotopic (exact) mass is 249 g/mol. The number of aliphatic imine (C=N–C) groups is 1. The van der Waals surface area contributed by atoms with Gasteiger partial charge in [-0.25, -0.2) is 0 Å². The van der Waals surface area contributed by atoms with Crippen LogP contribution in [0.2, 0.25) is 0 Å². The van der Waals surface area contributed by atoms with Crippen LogP contribution >= 0.6 is 0 Å². The zero-order valence-corrected chi connectivity index (χ0v) is 11.9. The summed E-state index contributed by atoms with van der Waals surface area (Å²) in [6.45, 7) is 1.87. The van der Waals surface area contributed by atoms with E-state index in [2.05, 4.69) is 19.0 Å². The second-order valence-corrected chi connectivity index (χ2v) is 7.27. The molecule has 0 atom stereocenters. The molecule has 102 valence electrons. The Morgan fingerprint density at radius 2 is 1.61 bits per heavy atom. The molecule has 0 aromatic rings. The van der Waals surface area contributed by atoms with Gasteiger partial charge in [-0.15, -0.1) is 0 Å². The zero-order chi connectivity index (χ0) is 12.8. The molecule has 4 rings (SSSR count). The molecule has 4 saturated carbocycles. The molecular formula is C15H27N3. The first-order valence-corrected chi connectivity index (χ1v) is 7.52. The van der Waals surface area contributed by atoms with E-state index in [0.29, 0.717) is 5.41 Å². The topological polar surface area (TPSA) is 41.6 Å². The Kier molecular flexibility index (Phi) is 3.13. The number of nitrogens with two attached hydrogens (primary N) is 1. The smallest absolute Gasteiger partial charge is 0.100 e. The summed E-state index contributed by atoms with van der Waals surface area (Å²) >= 11 is 0. The van der Waals surface area contributed by atoms with Gasteiger partial charge in [-0.3, -0.25) is 4.99 Å². The van der Waals surface area contributed by atoms with Crippen LogP contribution in [0.5, 0.6) is 0 Å². The molecule has 0 spiro atoms. The normalized spacial score (nSPS) is 42.8. The summed E-state index contributed by atoms with van der Waals surface area (Å²) in [5.41, 5.74) is 6.70. The molecule has 4 fully saturated rings. The van der Waals surface area contributed by atoms with E-state index >= 15 is 0 Å². The van der Waals surface area contributed by atoms with Crippen LogP contribution in [-0.4, -0.2) is 37.9 Å². The third-order valence-corrected chi connectivity index (χ3v) is 5.41. The van der Waals surface area contributed by atoms with Crippen molar-refractivity contribution in [2.45, 2.75) is 38.5 Å². The van der Waals surface area contributed by atoms with Gasteiger partial charge in [-0.05, 0) is 70.4 Å². The lowest BCUT2D eigenvalue weighted by atomic mass is 9.49. The highest BCUT2D eigenvalue weighted by Gasteiger charge is 2.52. The summed E-state index contributed by atoms with van der Waals surface area (Å²) < 4.78 is 0. The highest BCUT2D eigenvalue weighted by molar-refractivity contribution is 5.87. The van der Waals surface area contributed by atoms with E-state index in [-0.39, 0.29) is 0 Å². The Morgan fingerprint density at radius 3 is 2.06 bits per heavy atom. The summed E-state index contributed by atoms with van der Waals surface area (Å²) in [6.07, 6.45) is 8.42. The number of nitrogens with zero attached hydrogens (tertiary/aromatic N) is 2. The maximum Gasteiger partial charge on any atom is 0.100 e. The van der Waals surface area contributed by atoms with Gasteiger partial charge >= 0.3 is 0 Å². The Morgan fingerprint density at radius 1 is 1.11 bits per heavy atom. The molecule has 0 saturated heterocycles. The van der Waals surface area contributed by atoms with Gasteiger partial charge in [-0.2, -0.15) is 0 Å². The summed E-state index contributed by atoms with van der Waals surface area (Å²) in [5, 5.41) is 0. The van der Waals surface area contributed by atoms with Gasteiger partial charge in [0.15, 0.2) is 0 Å². The number of likely N-dealkylation sites (N-methyl/N-ethyl adjacent to an activating group) is 1. The van der Waals surface area contributed by atoms with Crippen LogP contribution in [0.1, 0.15) is 38.5 Å². The van der Waals surface area contributed by atoms with Crippen molar-refractivity contribution in [3.05, 3.63) is 0 Å². The Bertz CT molecular complexity index is 310. The minimum absolute atomic E-state index is 0.307. The molecule has 0 amide bonds. The summed E-state index contributed by atoms with van der Waals surface area (Å²) in [7, 11) is 4.19. The van der Waals surface area contributed by atoms with Crippen LogP contribution in [0.3, 0.4) is 0 Å². The molecular weight excluding hydrogens is 222 g/mol. The quantitative estimate of drug-likeness (QED) is 0.612. The van der Waals surface area contributed by atoms with Gasteiger partial charge in [0.1, 0.15) is 5.84 Å². The van der Waals surface area contributed by atoms with Crippen molar-refractivity contribution in [1.29, 1.82) is 0 Å². The standard InChI is InChI=1S/C15H27N3/c1-18(2)4-3-17-14(16)15-8-11-5-12(9-15)7-13(6-11)10-15/h11-13H,3-10H2,1-2H3,(H2,16,17). The third-order valence-electron chi connectivity index (χ3n) is 5.41. The molecule has 0 aromatic heterocycles. The summed E-state index contributed by atoms with van der Waals surface area (Å²) in [4.78, 5) is 6.88. The van der Waals surface area contributed by atoms with E-state index in [9.17, 15) is 0 Å². The van der Waals surface area contributed by atoms with E-state index in [0.717, 1.165) is 36.7 Å². The molecule has 18 heavy (non-hydrogen) atoms. The summed E-state index contributed by atoms with van der Waals surface area (Å²) in [5.74, 6) is 3.86. The SMILES string of the molecule is CN(C)CCN=C(N)C12CC3CC(CC(C3)C1)C2. The lowest BCUT2D eigenvalue weighted by Gasteiger charge is -2.56. The minimum Gasteiger partial charge on any atom is -0.387 e. The van der Waals surface area contributed by atoms with Crippen LogP contribution in [0.25, 0.3) is 0 Å². The third kappa shape index (κ3) is 2.18.